The maximum absolute atomic E-state index is 17.4. The van der Waals surface area contributed by atoms with Crippen molar-refractivity contribution in [2.45, 2.75) is 77.7 Å². The minimum atomic E-state index is -2.31. The molecule has 2 saturated carbocycles. The number of rotatable bonds is 6. The smallest absolute Gasteiger partial charge is 0.306 e. The fraction of sp³-hybridized carbons (Fsp3) is 0.643. The van der Waals surface area contributed by atoms with Gasteiger partial charge in [-0.25, -0.2) is 4.39 Å². The van der Waals surface area contributed by atoms with Crippen molar-refractivity contribution in [1.82, 2.24) is 0 Å². The number of Topliss-reactive ketones (excluding diaryl/α,β-unsaturated/α-hetero) is 1. The normalized spacial score (nSPS) is 42.1. The van der Waals surface area contributed by atoms with Crippen LogP contribution >= 0.6 is 0 Å². The Bertz CT molecular complexity index is 1140. The number of carbonyl (C=O) groups excluding carboxylic acids is 4. The first-order valence-electron chi connectivity index (χ1n) is 12.9. The summed E-state index contributed by atoms with van der Waals surface area (Å²) in [6.07, 6.45) is 3.58. The molecule has 0 saturated heterocycles. The Labute approximate surface area is 215 Å². The third-order valence-corrected chi connectivity index (χ3v) is 9.46. The Morgan fingerprint density at radius 1 is 1.16 bits per heavy atom. The fourth-order valence-corrected chi connectivity index (χ4v) is 7.57. The van der Waals surface area contributed by atoms with E-state index in [1.54, 1.807) is 34.6 Å². The molecule has 0 aromatic rings. The van der Waals surface area contributed by atoms with Crippen molar-refractivity contribution in [3.8, 4) is 0 Å². The molecule has 0 aromatic heterocycles. The van der Waals surface area contributed by atoms with E-state index in [1.807, 2.05) is 0 Å². The lowest BCUT2D eigenvalue weighted by molar-refractivity contribution is -0.219. The van der Waals surface area contributed by atoms with Crippen molar-refractivity contribution in [3.63, 3.8) is 0 Å². The molecule has 0 spiro atoms. The van der Waals surface area contributed by atoms with Gasteiger partial charge in [0.2, 0.25) is 5.78 Å². The quantitative estimate of drug-likeness (QED) is 0.512. The molecule has 0 unspecified atom stereocenters. The summed E-state index contributed by atoms with van der Waals surface area (Å²) in [5.74, 6) is -4.77. The van der Waals surface area contributed by atoms with Gasteiger partial charge in [-0.15, -0.1) is 0 Å². The molecule has 4 rings (SSSR count). The SMILES string of the molecule is CCC(=O)OCC(=O)[C@]1(OC(=O)CC)[C@@H](C)C[C@H]2[C@@H]3C=C(O)C4=CC(=O)C=C[C@]4(C)[C@@]3(F)[C@H](O)C[C@@]21C. The van der Waals surface area contributed by atoms with Gasteiger partial charge in [-0.05, 0) is 43.9 Å². The Hall–Kier alpha value is -2.81. The van der Waals surface area contributed by atoms with Gasteiger partial charge in [0, 0.05) is 35.7 Å². The minimum Gasteiger partial charge on any atom is -0.508 e. The second-order valence-corrected chi connectivity index (χ2v) is 11.2. The predicted molar refractivity (Wildman–Crippen MR) is 130 cm³/mol. The molecular formula is C28H35FO8. The molecule has 4 aliphatic carbocycles. The number of aliphatic hydroxyl groups is 2. The Balaban J connectivity index is 1.87. The highest BCUT2D eigenvalue weighted by atomic mass is 19.1. The topological polar surface area (TPSA) is 127 Å². The van der Waals surface area contributed by atoms with Crippen LogP contribution in [0.15, 0.2) is 35.6 Å². The summed E-state index contributed by atoms with van der Waals surface area (Å²) < 4.78 is 28.4. The van der Waals surface area contributed by atoms with Crippen LogP contribution < -0.4 is 0 Å². The van der Waals surface area contributed by atoms with Crippen LogP contribution in [0.2, 0.25) is 0 Å². The van der Waals surface area contributed by atoms with Gasteiger partial charge in [-0.2, -0.15) is 0 Å². The molecule has 0 radical (unpaired) electrons. The average molecular weight is 519 g/mol. The van der Waals surface area contributed by atoms with Crippen molar-refractivity contribution < 1.29 is 43.3 Å². The van der Waals surface area contributed by atoms with Gasteiger partial charge in [0.1, 0.15) is 5.76 Å². The van der Waals surface area contributed by atoms with Gasteiger partial charge in [-0.1, -0.05) is 33.8 Å². The van der Waals surface area contributed by atoms with E-state index in [4.69, 9.17) is 9.47 Å². The number of halogens is 1. The van der Waals surface area contributed by atoms with Crippen molar-refractivity contribution in [3.05, 3.63) is 35.6 Å². The number of fused-ring (bicyclic) bond motifs is 5. The van der Waals surface area contributed by atoms with Crippen molar-refractivity contribution in [2.75, 3.05) is 6.61 Å². The van der Waals surface area contributed by atoms with E-state index in [1.165, 1.54) is 24.3 Å². The van der Waals surface area contributed by atoms with E-state index in [2.05, 4.69) is 0 Å². The number of ether oxygens (including phenoxy) is 2. The number of aliphatic hydroxyl groups excluding tert-OH is 2. The third kappa shape index (κ3) is 3.49. The number of alkyl halides is 1. The second kappa shape index (κ2) is 8.89. The highest BCUT2D eigenvalue weighted by Crippen LogP contribution is 2.70. The monoisotopic (exact) mass is 518 g/mol. The summed E-state index contributed by atoms with van der Waals surface area (Å²) in [6, 6.07) is 0. The first kappa shape index (κ1) is 27.2. The van der Waals surface area contributed by atoms with Gasteiger partial charge in [0.15, 0.2) is 23.7 Å². The zero-order valence-corrected chi connectivity index (χ0v) is 21.9. The zero-order chi connectivity index (χ0) is 27.6. The lowest BCUT2D eigenvalue weighted by Crippen LogP contribution is -2.69. The number of hydrogen-bond acceptors (Lipinski definition) is 8. The molecular weight excluding hydrogens is 483 g/mol. The van der Waals surface area contributed by atoms with E-state index in [0.717, 1.165) is 0 Å². The number of ketones is 2. The van der Waals surface area contributed by atoms with Crippen LogP contribution in [0.1, 0.15) is 60.3 Å². The first-order valence-corrected chi connectivity index (χ1v) is 12.9. The number of allylic oxidation sites excluding steroid dienone is 5. The molecule has 9 heteroatoms. The van der Waals surface area contributed by atoms with E-state index in [-0.39, 0.29) is 37.0 Å². The Kier molecular flexibility index (Phi) is 6.54. The first-order chi connectivity index (χ1) is 17.2. The fourth-order valence-electron chi connectivity index (χ4n) is 7.57. The van der Waals surface area contributed by atoms with Gasteiger partial charge in [0.25, 0.3) is 0 Å². The molecule has 2 fully saturated rings. The highest BCUT2D eigenvalue weighted by Gasteiger charge is 2.77. The van der Waals surface area contributed by atoms with Gasteiger partial charge in [-0.3, -0.25) is 19.2 Å². The van der Waals surface area contributed by atoms with Crippen molar-refractivity contribution in [1.29, 1.82) is 0 Å². The van der Waals surface area contributed by atoms with Gasteiger partial charge >= 0.3 is 11.9 Å². The third-order valence-electron chi connectivity index (χ3n) is 9.46. The van der Waals surface area contributed by atoms with Crippen LogP contribution in [-0.4, -0.2) is 57.7 Å². The summed E-state index contributed by atoms with van der Waals surface area (Å²) >= 11 is 0. The molecule has 37 heavy (non-hydrogen) atoms. The largest absolute Gasteiger partial charge is 0.508 e. The molecule has 0 aliphatic heterocycles. The van der Waals surface area contributed by atoms with Crippen molar-refractivity contribution >= 4 is 23.5 Å². The summed E-state index contributed by atoms with van der Waals surface area (Å²) in [7, 11) is 0. The molecule has 8 atom stereocenters. The van der Waals surface area contributed by atoms with E-state index in [0.29, 0.717) is 0 Å². The summed E-state index contributed by atoms with van der Waals surface area (Å²) in [5.41, 5.74) is -6.73. The predicted octanol–water partition coefficient (Wildman–Crippen LogP) is 3.48. The van der Waals surface area contributed by atoms with Crippen molar-refractivity contribution in [2.24, 2.45) is 28.6 Å². The highest BCUT2D eigenvalue weighted by molar-refractivity contribution is 6.02. The van der Waals surface area contributed by atoms with E-state index >= 15 is 4.39 Å². The Morgan fingerprint density at radius 2 is 1.81 bits per heavy atom. The maximum Gasteiger partial charge on any atom is 0.306 e. The van der Waals surface area contributed by atoms with Crippen LogP contribution in [0, 0.1) is 28.6 Å². The van der Waals surface area contributed by atoms with Gasteiger partial charge < -0.3 is 19.7 Å². The average Bonchev–Trinajstić information content (AvgIpc) is 3.07. The lowest BCUT2D eigenvalue weighted by Gasteiger charge is -2.61. The molecule has 8 nitrogen and oxygen atoms in total. The summed E-state index contributed by atoms with van der Waals surface area (Å²) in [6.45, 7) is 7.54. The van der Waals surface area contributed by atoms with Crippen LogP contribution in [0.5, 0.6) is 0 Å². The zero-order valence-electron chi connectivity index (χ0n) is 21.9. The van der Waals surface area contributed by atoms with Crippen LogP contribution in [0.4, 0.5) is 4.39 Å². The number of carbonyl (C=O) groups is 4. The number of hydrogen-bond donors (Lipinski definition) is 2. The lowest BCUT2D eigenvalue weighted by atomic mass is 9.46. The summed E-state index contributed by atoms with van der Waals surface area (Å²) in [5, 5.41) is 22.5. The number of esters is 2. The Morgan fingerprint density at radius 3 is 2.43 bits per heavy atom. The molecule has 4 aliphatic rings. The van der Waals surface area contributed by atoms with Crippen LogP contribution in [0.3, 0.4) is 0 Å². The molecule has 2 N–H and O–H groups in total. The molecule has 0 amide bonds. The molecule has 0 heterocycles. The maximum atomic E-state index is 17.4. The second-order valence-electron chi connectivity index (χ2n) is 11.2. The molecule has 0 bridgehead atoms. The van der Waals surface area contributed by atoms with Gasteiger partial charge in [0.05, 0.1) is 11.5 Å². The van der Waals surface area contributed by atoms with Crippen LogP contribution in [-0.2, 0) is 28.7 Å². The minimum absolute atomic E-state index is 0.0119. The van der Waals surface area contributed by atoms with E-state index < -0.39 is 76.1 Å². The molecule has 202 valence electrons. The van der Waals surface area contributed by atoms with E-state index in [9.17, 15) is 29.4 Å². The van der Waals surface area contributed by atoms with Crippen LogP contribution in [0.25, 0.3) is 0 Å². The summed E-state index contributed by atoms with van der Waals surface area (Å²) in [4.78, 5) is 50.3. The molecule has 0 aromatic carbocycles. The standard InChI is InChI=1S/C28H35FO8/c1-6-23(34)36-14-22(33)28(37-24(35)7-2)15(3)10-17-18-12-20(31)19-11-16(30)8-9-25(19,4)27(18,29)21(32)13-26(17,28)5/h8-9,11-12,15,17-18,21,31-32H,6-7,10,13-14H2,1-5H3/t15-,17-,18-,21+,25-,26-,27-,28+/m0/s1.